The van der Waals surface area contributed by atoms with E-state index in [1.54, 1.807) is 0 Å². The number of carbonyl (C=O) groups is 1. The predicted molar refractivity (Wildman–Crippen MR) is 62.2 cm³/mol. The topological polar surface area (TPSA) is 44.1 Å². The van der Waals surface area contributed by atoms with Crippen LogP contribution in [-0.4, -0.2) is 22.4 Å². The summed E-state index contributed by atoms with van der Waals surface area (Å²) in [6.07, 6.45) is 0. The Morgan fingerprint density at radius 1 is 1.44 bits per heavy atom. The maximum Gasteiger partial charge on any atom is 0.310 e. The molecule has 1 atom stereocenters. The van der Waals surface area contributed by atoms with E-state index in [0.29, 0.717) is 13.2 Å². The second-order valence-corrected chi connectivity index (χ2v) is 4.13. The van der Waals surface area contributed by atoms with E-state index in [-0.39, 0.29) is 11.9 Å². The Kier molecular flexibility index (Phi) is 4.10. The molecule has 0 amide bonds. The summed E-state index contributed by atoms with van der Waals surface area (Å²) in [5, 5.41) is 4.40. The lowest BCUT2D eigenvalue weighted by atomic mass is 10.2. The normalized spacial score (nSPS) is 12.6. The second-order valence-electron chi connectivity index (χ2n) is 4.13. The van der Waals surface area contributed by atoms with Crippen molar-refractivity contribution in [1.82, 2.24) is 9.78 Å². The summed E-state index contributed by atoms with van der Waals surface area (Å²) in [6.45, 7) is 10.7. The lowest BCUT2D eigenvalue weighted by molar-refractivity contribution is -0.147. The molecule has 0 N–H and O–H groups in total. The van der Waals surface area contributed by atoms with Gasteiger partial charge in [0.15, 0.2) is 0 Å². The highest BCUT2D eigenvalue weighted by Crippen LogP contribution is 2.13. The number of aryl methyl sites for hydroxylation is 1. The molecule has 0 aliphatic carbocycles. The predicted octanol–water partition coefficient (Wildman–Crippen LogP) is 2.01. The van der Waals surface area contributed by atoms with Gasteiger partial charge in [0.05, 0.1) is 24.8 Å². The van der Waals surface area contributed by atoms with Crippen LogP contribution in [-0.2, 0) is 16.1 Å². The SMILES string of the molecule is CCOC(=O)C(C)Cn1nc(C)c(C)c1C. The Hall–Kier alpha value is -1.32. The number of carbonyl (C=O) groups excluding carboxylic acids is 1. The molecule has 0 spiro atoms. The van der Waals surface area contributed by atoms with E-state index in [1.807, 2.05) is 39.3 Å². The Morgan fingerprint density at radius 3 is 2.50 bits per heavy atom. The zero-order valence-electron chi connectivity index (χ0n) is 10.7. The molecule has 4 heteroatoms. The van der Waals surface area contributed by atoms with Gasteiger partial charge in [-0.1, -0.05) is 6.92 Å². The first-order valence-corrected chi connectivity index (χ1v) is 5.64. The largest absolute Gasteiger partial charge is 0.466 e. The molecule has 1 aromatic heterocycles. The zero-order chi connectivity index (χ0) is 12.3. The van der Waals surface area contributed by atoms with E-state index in [0.717, 1.165) is 11.4 Å². The lowest BCUT2D eigenvalue weighted by Crippen LogP contribution is -2.21. The van der Waals surface area contributed by atoms with Gasteiger partial charge in [-0.15, -0.1) is 0 Å². The van der Waals surface area contributed by atoms with Gasteiger partial charge in [-0.3, -0.25) is 9.48 Å². The van der Waals surface area contributed by atoms with E-state index in [1.165, 1.54) is 5.56 Å². The third-order valence-corrected chi connectivity index (χ3v) is 2.88. The molecule has 1 unspecified atom stereocenters. The Morgan fingerprint density at radius 2 is 2.06 bits per heavy atom. The van der Waals surface area contributed by atoms with Gasteiger partial charge in [0.1, 0.15) is 0 Å². The molecule has 1 aromatic rings. The van der Waals surface area contributed by atoms with Gasteiger partial charge >= 0.3 is 5.97 Å². The highest BCUT2D eigenvalue weighted by molar-refractivity contribution is 5.71. The van der Waals surface area contributed by atoms with Crippen LogP contribution in [0.1, 0.15) is 30.8 Å². The van der Waals surface area contributed by atoms with Crippen LogP contribution < -0.4 is 0 Å². The standard InChI is InChI=1S/C12H20N2O2/c1-6-16-12(15)8(2)7-14-11(5)9(3)10(4)13-14/h8H,6-7H2,1-5H3. The lowest BCUT2D eigenvalue weighted by Gasteiger charge is -2.11. The Balaban J connectivity index is 2.73. The summed E-state index contributed by atoms with van der Waals surface area (Å²) in [6, 6.07) is 0. The summed E-state index contributed by atoms with van der Waals surface area (Å²) in [5.41, 5.74) is 3.33. The van der Waals surface area contributed by atoms with Crippen LogP contribution in [0.25, 0.3) is 0 Å². The van der Waals surface area contributed by atoms with Gasteiger partial charge in [0, 0.05) is 5.69 Å². The maximum atomic E-state index is 11.5. The molecule has 0 fully saturated rings. The Labute approximate surface area is 96.6 Å². The average Bonchev–Trinajstić information content (AvgIpc) is 2.47. The second kappa shape index (κ2) is 5.14. The number of aromatic nitrogens is 2. The highest BCUT2D eigenvalue weighted by atomic mass is 16.5. The van der Waals surface area contributed by atoms with Crippen molar-refractivity contribution in [3.8, 4) is 0 Å². The fourth-order valence-corrected chi connectivity index (χ4v) is 1.58. The minimum atomic E-state index is -0.160. The number of hydrogen-bond acceptors (Lipinski definition) is 3. The molecular weight excluding hydrogens is 204 g/mol. The Bertz CT molecular complexity index is 383. The molecule has 0 saturated heterocycles. The van der Waals surface area contributed by atoms with Crippen LogP contribution in [0.2, 0.25) is 0 Å². The van der Waals surface area contributed by atoms with E-state index in [2.05, 4.69) is 5.10 Å². The first-order valence-electron chi connectivity index (χ1n) is 5.64. The van der Waals surface area contributed by atoms with Gasteiger partial charge in [0.25, 0.3) is 0 Å². The first-order chi connectivity index (χ1) is 7.47. The molecule has 1 rings (SSSR count). The van der Waals surface area contributed by atoms with Gasteiger partial charge in [-0.05, 0) is 33.3 Å². The quantitative estimate of drug-likeness (QED) is 0.735. The number of esters is 1. The van der Waals surface area contributed by atoms with E-state index in [9.17, 15) is 4.79 Å². The smallest absolute Gasteiger partial charge is 0.310 e. The first kappa shape index (κ1) is 12.7. The van der Waals surface area contributed by atoms with Crippen molar-refractivity contribution >= 4 is 5.97 Å². The van der Waals surface area contributed by atoms with E-state index >= 15 is 0 Å². The maximum absolute atomic E-state index is 11.5. The van der Waals surface area contributed by atoms with Crippen LogP contribution in [0.3, 0.4) is 0 Å². The minimum absolute atomic E-state index is 0.155. The number of hydrogen-bond donors (Lipinski definition) is 0. The van der Waals surface area contributed by atoms with Crippen molar-refractivity contribution in [2.75, 3.05) is 6.61 Å². The summed E-state index contributed by atoms with van der Waals surface area (Å²) in [7, 11) is 0. The monoisotopic (exact) mass is 224 g/mol. The molecule has 0 radical (unpaired) electrons. The van der Waals surface area contributed by atoms with Crippen molar-refractivity contribution in [2.45, 2.75) is 41.2 Å². The van der Waals surface area contributed by atoms with Gasteiger partial charge < -0.3 is 4.74 Å². The highest BCUT2D eigenvalue weighted by Gasteiger charge is 2.17. The van der Waals surface area contributed by atoms with Crippen molar-refractivity contribution in [1.29, 1.82) is 0 Å². The molecule has 0 aromatic carbocycles. The average molecular weight is 224 g/mol. The van der Waals surface area contributed by atoms with Gasteiger partial charge in [-0.2, -0.15) is 5.10 Å². The van der Waals surface area contributed by atoms with Crippen LogP contribution in [0.15, 0.2) is 0 Å². The van der Waals surface area contributed by atoms with Crippen molar-refractivity contribution in [3.05, 3.63) is 17.0 Å². The van der Waals surface area contributed by atoms with E-state index < -0.39 is 0 Å². The summed E-state index contributed by atoms with van der Waals surface area (Å²) >= 11 is 0. The van der Waals surface area contributed by atoms with Crippen molar-refractivity contribution in [2.24, 2.45) is 5.92 Å². The molecule has 1 heterocycles. The summed E-state index contributed by atoms with van der Waals surface area (Å²) in [4.78, 5) is 11.5. The number of ether oxygens (including phenoxy) is 1. The molecule has 0 aliphatic rings. The van der Waals surface area contributed by atoms with Crippen LogP contribution in [0, 0.1) is 26.7 Å². The number of nitrogens with zero attached hydrogens (tertiary/aromatic N) is 2. The van der Waals surface area contributed by atoms with Crippen molar-refractivity contribution < 1.29 is 9.53 Å². The fraction of sp³-hybridized carbons (Fsp3) is 0.667. The summed E-state index contributed by atoms with van der Waals surface area (Å²) in [5.74, 6) is -0.315. The molecule has 0 aliphatic heterocycles. The van der Waals surface area contributed by atoms with Crippen molar-refractivity contribution in [3.63, 3.8) is 0 Å². The fourth-order valence-electron chi connectivity index (χ4n) is 1.58. The van der Waals surface area contributed by atoms with Crippen LogP contribution in [0.5, 0.6) is 0 Å². The molecular formula is C12H20N2O2. The van der Waals surface area contributed by atoms with Gasteiger partial charge in [0.2, 0.25) is 0 Å². The third-order valence-electron chi connectivity index (χ3n) is 2.88. The molecule has 16 heavy (non-hydrogen) atoms. The molecule has 0 saturated carbocycles. The summed E-state index contributed by atoms with van der Waals surface area (Å²) < 4.78 is 6.85. The number of rotatable bonds is 4. The zero-order valence-corrected chi connectivity index (χ0v) is 10.7. The van der Waals surface area contributed by atoms with E-state index in [4.69, 9.17) is 4.74 Å². The molecule has 0 bridgehead atoms. The van der Waals surface area contributed by atoms with Gasteiger partial charge in [-0.25, -0.2) is 0 Å². The molecule has 90 valence electrons. The van der Waals surface area contributed by atoms with Crippen LogP contribution in [0.4, 0.5) is 0 Å². The minimum Gasteiger partial charge on any atom is -0.466 e. The van der Waals surface area contributed by atoms with Crippen LogP contribution >= 0.6 is 0 Å². The molecule has 4 nitrogen and oxygen atoms in total. The third kappa shape index (κ3) is 2.62.